The summed E-state index contributed by atoms with van der Waals surface area (Å²) in [6.45, 7) is 5.97. The van der Waals surface area contributed by atoms with E-state index < -0.39 is 0 Å². The molecule has 0 saturated heterocycles. The topological polar surface area (TPSA) is 12.4 Å². The van der Waals surface area contributed by atoms with Crippen LogP contribution in [0.15, 0.2) is 45.8 Å². The largest absolute Gasteiger partial charge is 0.253 e. The molecular weight excluding hydrogens is 146 g/mol. The second kappa shape index (κ2) is 3.89. The van der Waals surface area contributed by atoms with Gasteiger partial charge in [-0.3, -0.25) is 4.99 Å². The summed E-state index contributed by atoms with van der Waals surface area (Å²) in [5.74, 6) is 0. The summed E-state index contributed by atoms with van der Waals surface area (Å²) in [7, 11) is 0. The van der Waals surface area contributed by atoms with Gasteiger partial charge in [0.15, 0.2) is 0 Å². The molecule has 0 heterocycles. The first-order valence-corrected chi connectivity index (χ1v) is 4.05. The van der Waals surface area contributed by atoms with Crippen LogP contribution in [0.3, 0.4) is 0 Å². The molecule has 1 heteroatoms. The maximum absolute atomic E-state index is 4.23. The summed E-state index contributed by atoms with van der Waals surface area (Å²) in [6.07, 6.45) is 7.89. The first-order valence-electron chi connectivity index (χ1n) is 4.05. The van der Waals surface area contributed by atoms with E-state index >= 15 is 0 Å². The highest BCUT2D eigenvalue weighted by molar-refractivity contribution is 5.57. The Morgan fingerprint density at radius 2 is 2.17 bits per heavy atom. The lowest BCUT2D eigenvalue weighted by molar-refractivity contribution is 1.30. The van der Waals surface area contributed by atoms with Gasteiger partial charge in [-0.05, 0) is 31.9 Å². The van der Waals surface area contributed by atoms with Gasteiger partial charge in [0.25, 0.3) is 0 Å². The van der Waals surface area contributed by atoms with Crippen LogP contribution in [-0.2, 0) is 0 Å². The number of hydrogen-bond donors (Lipinski definition) is 0. The van der Waals surface area contributed by atoms with Crippen LogP contribution in [0.4, 0.5) is 0 Å². The molecule has 0 spiro atoms. The average Bonchev–Trinajstić information content (AvgIpc) is 2.16. The Bertz CT molecular complexity index is 321. The van der Waals surface area contributed by atoms with Crippen LogP contribution in [0.1, 0.15) is 20.8 Å². The van der Waals surface area contributed by atoms with Crippen molar-refractivity contribution in [2.24, 2.45) is 4.99 Å². The van der Waals surface area contributed by atoms with Crippen LogP contribution in [0.5, 0.6) is 0 Å². The molecule has 0 aromatic heterocycles. The third-order valence-electron chi connectivity index (χ3n) is 1.64. The number of aliphatic imine (C=N–C) groups is 1. The van der Waals surface area contributed by atoms with Gasteiger partial charge in [-0.2, -0.15) is 0 Å². The van der Waals surface area contributed by atoms with Gasteiger partial charge >= 0.3 is 0 Å². The molecule has 0 radical (unpaired) electrons. The maximum atomic E-state index is 4.23. The number of rotatable bonds is 1. The van der Waals surface area contributed by atoms with Crippen molar-refractivity contribution in [2.75, 3.05) is 0 Å². The second-order valence-electron chi connectivity index (χ2n) is 2.75. The number of allylic oxidation sites excluding steroid dienone is 4. The quantitative estimate of drug-likeness (QED) is 0.412. The Morgan fingerprint density at radius 3 is 2.83 bits per heavy atom. The smallest absolute Gasteiger partial charge is 0.108 e. The molecule has 0 bridgehead atoms. The van der Waals surface area contributed by atoms with E-state index in [1.54, 1.807) is 6.21 Å². The van der Waals surface area contributed by atoms with E-state index in [4.69, 9.17) is 0 Å². The minimum absolute atomic E-state index is 0.931. The highest BCUT2D eigenvalue weighted by Crippen LogP contribution is 2.13. The number of nitrogens with zero attached hydrogens (tertiary/aromatic N) is 1. The Balaban J connectivity index is 3.17. The Labute approximate surface area is 73.5 Å². The molecule has 1 rings (SSSR count). The predicted molar refractivity (Wildman–Crippen MR) is 53.3 cm³/mol. The van der Waals surface area contributed by atoms with E-state index in [9.17, 15) is 0 Å². The summed E-state index contributed by atoms with van der Waals surface area (Å²) in [6, 6.07) is 0. The minimum atomic E-state index is 0.931. The van der Waals surface area contributed by atoms with Gasteiger partial charge in [0.1, 0.15) is 5.70 Å². The lowest BCUT2D eigenvalue weighted by Crippen LogP contribution is -1.78. The zero-order chi connectivity index (χ0) is 8.97. The summed E-state index contributed by atoms with van der Waals surface area (Å²) >= 11 is 0. The van der Waals surface area contributed by atoms with Crippen molar-refractivity contribution in [2.45, 2.75) is 20.8 Å². The van der Waals surface area contributed by atoms with Crippen LogP contribution in [0.2, 0.25) is 0 Å². The fraction of sp³-hybridized carbons (Fsp3) is 0.273. The van der Waals surface area contributed by atoms with Crippen LogP contribution >= 0.6 is 0 Å². The van der Waals surface area contributed by atoms with Gasteiger partial charge in [0, 0.05) is 6.21 Å². The number of hydrogen-bond acceptors (Lipinski definition) is 1. The van der Waals surface area contributed by atoms with Crippen molar-refractivity contribution in [3.63, 3.8) is 0 Å². The van der Waals surface area contributed by atoms with Crippen LogP contribution < -0.4 is 0 Å². The van der Waals surface area contributed by atoms with E-state index in [1.165, 1.54) is 0 Å². The molecule has 0 aliphatic heterocycles. The Kier molecular flexibility index (Phi) is 2.84. The fourth-order valence-electron chi connectivity index (χ4n) is 1.01. The average molecular weight is 159 g/mol. The summed E-state index contributed by atoms with van der Waals surface area (Å²) in [5.41, 5.74) is 6.41. The molecule has 0 fully saturated rings. The van der Waals surface area contributed by atoms with Crippen LogP contribution in [-0.4, -0.2) is 6.21 Å². The van der Waals surface area contributed by atoms with Crippen molar-refractivity contribution in [3.05, 3.63) is 40.8 Å². The van der Waals surface area contributed by atoms with Gasteiger partial charge in [-0.1, -0.05) is 24.0 Å². The zero-order valence-corrected chi connectivity index (χ0v) is 7.76. The summed E-state index contributed by atoms with van der Waals surface area (Å²) in [5, 5.41) is 0. The van der Waals surface area contributed by atoms with Crippen LogP contribution in [0.25, 0.3) is 0 Å². The SMILES string of the molecule is CC=NC1=C=C(C)C=CC=C1C. The highest BCUT2D eigenvalue weighted by atomic mass is 14.7. The van der Waals surface area contributed by atoms with E-state index in [0.717, 1.165) is 16.8 Å². The molecule has 62 valence electrons. The van der Waals surface area contributed by atoms with Gasteiger partial charge in [0.05, 0.1) is 0 Å². The lowest BCUT2D eigenvalue weighted by Gasteiger charge is -1.94. The molecule has 0 unspecified atom stereocenters. The Hall–Kier alpha value is -1.33. The summed E-state index contributed by atoms with van der Waals surface area (Å²) < 4.78 is 0. The third kappa shape index (κ3) is 2.08. The Morgan fingerprint density at radius 1 is 1.42 bits per heavy atom. The fourth-order valence-corrected chi connectivity index (χ4v) is 1.01. The normalized spacial score (nSPS) is 17.1. The van der Waals surface area contributed by atoms with E-state index in [2.05, 4.69) is 10.7 Å². The molecule has 1 aliphatic rings. The van der Waals surface area contributed by atoms with Gasteiger partial charge < -0.3 is 0 Å². The molecule has 0 aromatic rings. The first-order chi connectivity index (χ1) is 5.74. The monoisotopic (exact) mass is 159 g/mol. The molecular formula is C11H13N. The third-order valence-corrected chi connectivity index (χ3v) is 1.64. The molecule has 0 aromatic carbocycles. The van der Waals surface area contributed by atoms with Crippen molar-refractivity contribution in [1.29, 1.82) is 0 Å². The lowest BCUT2D eigenvalue weighted by atomic mass is 10.2. The predicted octanol–water partition coefficient (Wildman–Crippen LogP) is 3.02. The standard InChI is InChI=1S/C11H13N/c1-4-12-11-8-9(2)6-5-7-10(11)3/h4-7H,1-3H3. The van der Waals surface area contributed by atoms with Crippen molar-refractivity contribution in [3.8, 4) is 0 Å². The van der Waals surface area contributed by atoms with E-state index in [1.807, 2.05) is 39.0 Å². The first kappa shape index (κ1) is 8.76. The molecule has 0 saturated carbocycles. The molecule has 12 heavy (non-hydrogen) atoms. The van der Waals surface area contributed by atoms with Crippen molar-refractivity contribution in [1.82, 2.24) is 0 Å². The van der Waals surface area contributed by atoms with Gasteiger partial charge in [-0.15, -0.1) is 0 Å². The molecule has 0 amide bonds. The van der Waals surface area contributed by atoms with Crippen molar-refractivity contribution < 1.29 is 0 Å². The van der Waals surface area contributed by atoms with Gasteiger partial charge in [0.2, 0.25) is 0 Å². The summed E-state index contributed by atoms with van der Waals surface area (Å²) in [4.78, 5) is 4.23. The molecule has 0 N–H and O–H groups in total. The van der Waals surface area contributed by atoms with Gasteiger partial charge in [-0.25, -0.2) is 0 Å². The maximum Gasteiger partial charge on any atom is 0.108 e. The molecule has 1 aliphatic carbocycles. The van der Waals surface area contributed by atoms with Crippen molar-refractivity contribution >= 4 is 6.21 Å². The highest BCUT2D eigenvalue weighted by Gasteiger charge is 1.96. The zero-order valence-electron chi connectivity index (χ0n) is 7.76. The minimum Gasteiger partial charge on any atom is -0.253 e. The second-order valence-corrected chi connectivity index (χ2v) is 2.75. The van der Waals surface area contributed by atoms with E-state index in [-0.39, 0.29) is 0 Å². The van der Waals surface area contributed by atoms with Crippen LogP contribution in [0, 0.1) is 0 Å². The van der Waals surface area contributed by atoms with E-state index in [0.29, 0.717) is 0 Å². The molecule has 0 atom stereocenters. The molecule has 1 nitrogen and oxygen atoms in total.